The first kappa shape index (κ1) is 49.9. The van der Waals surface area contributed by atoms with E-state index in [0.717, 1.165) is 12.8 Å². The Hall–Kier alpha value is -5.66. The van der Waals surface area contributed by atoms with Crippen LogP contribution < -0.4 is 0 Å². The molecule has 0 N–H and O–H groups in total. The summed E-state index contributed by atoms with van der Waals surface area (Å²) in [4.78, 5) is 0. The Morgan fingerprint density at radius 3 is 0.931 bits per heavy atom. The summed E-state index contributed by atoms with van der Waals surface area (Å²) in [6.45, 7) is 25.6. The summed E-state index contributed by atoms with van der Waals surface area (Å²) in [5, 5.41) is 0. The summed E-state index contributed by atoms with van der Waals surface area (Å²) >= 11 is -4.53. The molecule has 0 saturated heterocycles. The Labute approximate surface area is 434 Å². The maximum atomic E-state index is 2.89. The van der Waals surface area contributed by atoms with Gasteiger partial charge in [-0.25, -0.2) is 0 Å². The molecule has 72 heavy (non-hydrogen) atoms. The van der Waals surface area contributed by atoms with Crippen molar-refractivity contribution in [2.24, 2.45) is 0 Å². The van der Waals surface area contributed by atoms with Gasteiger partial charge < -0.3 is 0 Å². The van der Waals surface area contributed by atoms with Crippen molar-refractivity contribution in [3.8, 4) is 44.5 Å². The van der Waals surface area contributed by atoms with Gasteiger partial charge in [0.15, 0.2) is 0 Å². The molecule has 0 aromatic heterocycles. The fraction of sp³-hybridized carbons (Fsp3) is 0.257. The molecule has 10 rings (SSSR count). The van der Waals surface area contributed by atoms with Crippen LogP contribution in [0.25, 0.3) is 56.7 Å². The quantitative estimate of drug-likeness (QED) is 0.107. The first-order valence-corrected chi connectivity index (χ1v) is 40.2. The van der Waals surface area contributed by atoms with Gasteiger partial charge in [-0.05, 0) is 0 Å². The van der Waals surface area contributed by atoms with Crippen molar-refractivity contribution in [1.29, 1.82) is 0 Å². The molecule has 2 aliphatic carbocycles. The summed E-state index contributed by atoms with van der Waals surface area (Å²) in [5.74, 6) is 0.701. The van der Waals surface area contributed by atoms with E-state index in [9.17, 15) is 0 Å². The number of aryl methyl sites for hydroxylation is 8. The number of allylic oxidation sites excluding steroid dienone is 2. The molecule has 362 valence electrons. The fourth-order valence-electron chi connectivity index (χ4n) is 13.8. The van der Waals surface area contributed by atoms with Crippen LogP contribution in [0.3, 0.4) is 0 Å². The van der Waals surface area contributed by atoms with Crippen LogP contribution in [0.2, 0.25) is 9.26 Å². The molecule has 0 heterocycles. The van der Waals surface area contributed by atoms with E-state index in [-0.39, 0.29) is 7.25 Å². The summed E-state index contributed by atoms with van der Waals surface area (Å²) < 4.78 is 6.34. The molecule has 8 aromatic carbocycles. The second-order valence-electron chi connectivity index (χ2n) is 23.8. The second kappa shape index (κ2) is 19.3. The van der Waals surface area contributed by atoms with E-state index in [2.05, 4.69) is 255 Å². The number of hydrogen-bond donors (Lipinski definition) is 0. The number of fused-ring (bicyclic) bond motifs is 2. The van der Waals surface area contributed by atoms with Crippen LogP contribution in [-0.2, 0) is 17.4 Å². The van der Waals surface area contributed by atoms with E-state index in [0.29, 0.717) is 11.8 Å². The van der Waals surface area contributed by atoms with E-state index in [1.54, 1.807) is 22.3 Å². The maximum absolute atomic E-state index is 4.53. The van der Waals surface area contributed by atoms with Gasteiger partial charge in [-0.1, -0.05) is 0 Å². The molecular formula is C70H74SiZr. The van der Waals surface area contributed by atoms with Gasteiger partial charge in [-0.3, -0.25) is 0 Å². The molecule has 0 aliphatic heterocycles. The van der Waals surface area contributed by atoms with Crippen molar-refractivity contribution in [2.75, 3.05) is 0 Å². The minimum absolute atomic E-state index is 0.274. The van der Waals surface area contributed by atoms with Crippen molar-refractivity contribution in [3.63, 3.8) is 0 Å². The standard InChI is InChI=1S/2C34H33.2CH3.H2Si.Zr/c2*1-22-13-23(2)16-29(15-22)31-11-12-32(30-17-24(3)14-25(4)18-30)34-21-27(20-33(31)34)19-26(5)28-9-7-6-8-10-28;;;;/h2*6-18,20-21,26H,19H2,1-5H3;2*1H3;1H2;. The Kier molecular flexibility index (Phi) is 13.4. The molecular weight excluding hydrogens is 960 g/mol. The van der Waals surface area contributed by atoms with Crippen LogP contribution in [0.15, 0.2) is 169 Å². The molecule has 2 aliphatic rings. The first-order valence-electron chi connectivity index (χ1n) is 26.6. The zero-order chi connectivity index (χ0) is 50.8. The third kappa shape index (κ3) is 9.56. The zero-order valence-corrected chi connectivity index (χ0v) is 49.0. The SMILES string of the molecule is Cc1cc(C)cc(-c2ccc(-c3cc(C)cc(C)c3)c3c2C=C(CC(C)c2ccccc2)[CH]3[Zr]([CH3])([CH3])(=[SiH2])[CH]2C(CC(C)c3ccccc3)=Cc3c(-c4cc(C)cc(C)c4)ccc(-c4cc(C)cc(C)c4)c32)c1. The summed E-state index contributed by atoms with van der Waals surface area (Å²) in [5.41, 5.74) is 33.4. The Bertz CT molecular complexity index is 3250. The third-order valence-electron chi connectivity index (χ3n) is 16.4. The van der Waals surface area contributed by atoms with Crippen LogP contribution in [0.1, 0.15) is 124 Å². The summed E-state index contributed by atoms with van der Waals surface area (Å²) in [6, 6.07) is 61.5. The van der Waals surface area contributed by atoms with E-state index >= 15 is 0 Å². The van der Waals surface area contributed by atoms with Gasteiger partial charge in [-0.2, -0.15) is 0 Å². The first-order chi connectivity index (χ1) is 34.3. The number of rotatable bonds is 12. The van der Waals surface area contributed by atoms with E-state index in [4.69, 9.17) is 0 Å². The second-order valence-corrected chi connectivity index (χ2v) is 54.2. The third-order valence-corrected chi connectivity index (χ3v) is 33.8. The van der Waals surface area contributed by atoms with E-state index in [1.807, 2.05) is 0 Å². The van der Waals surface area contributed by atoms with E-state index in [1.165, 1.54) is 111 Å². The van der Waals surface area contributed by atoms with Crippen LogP contribution in [0, 0.1) is 55.4 Å². The fourth-order valence-corrected chi connectivity index (χ4v) is 33.3. The minimum atomic E-state index is -4.53. The Morgan fingerprint density at radius 2 is 0.639 bits per heavy atom. The molecule has 0 radical (unpaired) electrons. The molecule has 0 fully saturated rings. The van der Waals surface area contributed by atoms with Crippen molar-refractivity contribution in [1.82, 2.24) is 0 Å². The Balaban J connectivity index is 1.31. The predicted octanol–water partition coefficient (Wildman–Crippen LogP) is 19.1. The van der Waals surface area contributed by atoms with Crippen molar-refractivity contribution >= 4 is 19.0 Å². The normalized spacial score (nSPS) is 16.2. The molecule has 0 nitrogen and oxygen atoms in total. The predicted molar refractivity (Wildman–Crippen MR) is 313 cm³/mol. The van der Waals surface area contributed by atoms with Gasteiger partial charge >= 0.3 is 438 Å². The zero-order valence-electron chi connectivity index (χ0n) is 45.1. The molecule has 0 saturated carbocycles. The molecule has 0 spiro atoms. The van der Waals surface area contributed by atoms with Crippen LogP contribution in [-0.4, -0.2) is 6.88 Å². The number of benzene rings is 8. The molecule has 4 unspecified atom stereocenters. The van der Waals surface area contributed by atoms with Crippen molar-refractivity contribution in [2.45, 2.75) is 110 Å². The summed E-state index contributed by atoms with van der Waals surface area (Å²) in [7, 11) is 0. The van der Waals surface area contributed by atoms with Crippen molar-refractivity contribution < 1.29 is 17.4 Å². The molecule has 4 atom stereocenters. The summed E-state index contributed by atoms with van der Waals surface area (Å²) in [6.07, 6.45) is 7.49. The van der Waals surface area contributed by atoms with Crippen molar-refractivity contribution in [3.05, 3.63) is 247 Å². The van der Waals surface area contributed by atoms with Gasteiger partial charge in [0.25, 0.3) is 0 Å². The van der Waals surface area contributed by atoms with Crippen LogP contribution in [0.4, 0.5) is 0 Å². The monoisotopic (exact) mass is 1030 g/mol. The average molecular weight is 1030 g/mol. The average Bonchev–Trinajstić information content (AvgIpc) is 3.90. The van der Waals surface area contributed by atoms with E-state index < -0.39 is 17.4 Å². The molecule has 0 bridgehead atoms. The topological polar surface area (TPSA) is 0 Å². The van der Waals surface area contributed by atoms with Gasteiger partial charge in [0.05, 0.1) is 0 Å². The van der Waals surface area contributed by atoms with Crippen LogP contribution in [0.5, 0.6) is 0 Å². The van der Waals surface area contributed by atoms with Gasteiger partial charge in [0.1, 0.15) is 0 Å². The van der Waals surface area contributed by atoms with Crippen LogP contribution >= 0.6 is 0 Å². The molecule has 2 heteroatoms. The van der Waals surface area contributed by atoms with Gasteiger partial charge in [0, 0.05) is 0 Å². The molecule has 0 amide bonds. The van der Waals surface area contributed by atoms with Gasteiger partial charge in [-0.15, -0.1) is 0 Å². The Morgan fingerprint density at radius 1 is 0.375 bits per heavy atom. The number of hydrogen-bond acceptors (Lipinski definition) is 0. The molecule has 8 aromatic rings. The van der Waals surface area contributed by atoms with Gasteiger partial charge in [0.2, 0.25) is 0 Å².